The number of carbonyl (C=O) groups excluding carboxylic acids is 2. The summed E-state index contributed by atoms with van der Waals surface area (Å²) in [7, 11) is 1.57. The van der Waals surface area contributed by atoms with Crippen LogP contribution in [-0.2, 0) is 9.59 Å². The second kappa shape index (κ2) is 7.11. The molecule has 1 aromatic carbocycles. The standard InChI is InChI=1S/C16H22N2O3/c1-3-4-6-15(19)17-12-8-9-13(14(11-12)21-2)18-10-5-7-16(18)20/h8-9,11H,3-7,10H2,1-2H3,(H,17,19). The van der Waals surface area contributed by atoms with Gasteiger partial charge in [0.05, 0.1) is 12.8 Å². The summed E-state index contributed by atoms with van der Waals surface area (Å²) >= 11 is 0. The SMILES string of the molecule is CCCCC(=O)Nc1ccc(N2CCCC2=O)c(OC)c1. The summed E-state index contributed by atoms with van der Waals surface area (Å²) in [6.45, 7) is 2.77. The number of hydrogen-bond donors (Lipinski definition) is 1. The summed E-state index contributed by atoms with van der Waals surface area (Å²) in [5.74, 6) is 0.732. The van der Waals surface area contributed by atoms with Gasteiger partial charge in [-0.3, -0.25) is 9.59 Å². The lowest BCUT2D eigenvalue weighted by Crippen LogP contribution is -2.24. The average Bonchev–Trinajstić information content (AvgIpc) is 2.91. The number of rotatable bonds is 6. The van der Waals surface area contributed by atoms with Crippen molar-refractivity contribution in [2.45, 2.75) is 39.0 Å². The highest BCUT2D eigenvalue weighted by Crippen LogP contribution is 2.33. The highest BCUT2D eigenvalue weighted by atomic mass is 16.5. The first kappa shape index (κ1) is 15.4. The molecule has 1 heterocycles. The van der Waals surface area contributed by atoms with Gasteiger partial charge < -0.3 is 15.0 Å². The van der Waals surface area contributed by atoms with Crippen LogP contribution in [0.25, 0.3) is 0 Å². The zero-order valence-corrected chi connectivity index (χ0v) is 12.6. The topological polar surface area (TPSA) is 58.6 Å². The maximum atomic E-state index is 11.8. The van der Waals surface area contributed by atoms with Crippen LogP contribution in [0.2, 0.25) is 0 Å². The van der Waals surface area contributed by atoms with Crippen molar-refractivity contribution in [3.05, 3.63) is 18.2 Å². The summed E-state index contributed by atoms with van der Waals surface area (Å²) in [6, 6.07) is 5.41. The van der Waals surface area contributed by atoms with Crippen LogP contribution in [0.3, 0.4) is 0 Å². The lowest BCUT2D eigenvalue weighted by Gasteiger charge is -2.19. The van der Waals surface area contributed by atoms with Gasteiger partial charge in [-0.25, -0.2) is 0 Å². The van der Waals surface area contributed by atoms with Crippen LogP contribution in [0.1, 0.15) is 39.0 Å². The highest BCUT2D eigenvalue weighted by Gasteiger charge is 2.24. The molecule has 1 N–H and O–H groups in total. The van der Waals surface area contributed by atoms with Crippen molar-refractivity contribution in [1.29, 1.82) is 0 Å². The molecule has 114 valence electrons. The van der Waals surface area contributed by atoms with Crippen LogP contribution in [0.5, 0.6) is 5.75 Å². The normalized spacial score (nSPS) is 14.4. The number of hydrogen-bond acceptors (Lipinski definition) is 3. The zero-order chi connectivity index (χ0) is 15.2. The summed E-state index contributed by atoms with van der Waals surface area (Å²) in [6.07, 6.45) is 3.84. The largest absolute Gasteiger partial charge is 0.494 e. The Morgan fingerprint density at radius 3 is 2.86 bits per heavy atom. The predicted molar refractivity (Wildman–Crippen MR) is 82.7 cm³/mol. The molecular formula is C16H22N2O3. The molecule has 0 bridgehead atoms. The monoisotopic (exact) mass is 290 g/mol. The second-order valence-electron chi connectivity index (χ2n) is 5.19. The third-order valence-corrected chi connectivity index (χ3v) is 3.59. The zero-order valence-electron chi connectivity index (χ0n) is 12.6. The van der Waals surface area contributed by atoms with E-state index in [2.05, 4.69) is 12.2 Å². The number of unbranched alkanes of at least 4 members (excludes halogenated alkanes) is 1. The van der Waals surface area contributed by atoms with Gasteiger partial charge in [0, 0.05) is 31.1 Å². The number of anilines is 2. The van der Waals surface area contributed by atoms with E-state index in [1.165, 1.54) is 0 Å². The third kappa shape index (κ3) is 3.74. The van der Waals surface area contributed by atoms with E-state index in [-0.39, 0.29) is 11.8 Å². The number of carbonyl (C=O) groups is 2. The van der Waals surface area contributed by atoms with E-state index in [4.69, 9.17) is 4.74 Å². The van der Waals surface area contributed by atoms with Crippen LogP contribution in [0.4, 0.5) is 11.4 Å². The molecule has 0 aliphatic carbocycles. The maximum absolute atomic E-state index is 11.8. The van der Waals surface area contributed by atoms with E-state index in [1.54, 1.807) is 18.1 Å². The van der Waals surface area contributed by atoms with Gasteiger partial charge >= 0.3 is 0 Å². The van der Waals surface area contributed by atoms with Crippen LogP contribution in [0, 0.1) is 0 Å². The summed E-state index contributed by atoms with van der Waals surface area (Å²) in [5, 5.41) is 2.86. The number of amides is 2. The molecule has 5 heteroatoms. The number of nitrogens with zero attached hydrogens (tertiary/aromatic N) is 1. The Morgan fingerprint density at radius 2 is 2.24 bits per heavy atom. The summed E-state index contributed by atoms with van der Waals surface area (Å²) < 4.78 is 5.36. The van der Waals surface area contributed by atoms with Crippen molar-refractivity contribution < 1.29 is 14.3 Å². The highest BCUT2D eigenvalue weighted by molar-refractivity contribution is 5.97. The molecule has 1 saturated heterocycles. The maximum Gasteiger partial charge on any atom is 0.227 e. The Labute approximate surface area is 125 Å². The van der Waals surface area contributed by atoms with Gasteiger partial charge in [-0.1, -0.05) is 13.3 Å². The van der Waals surface area contributed by atoms with Crippen LogP contribution in [-0.4, -0.2) is 25.5 Å². The Balaban J connectivity index is 2.12. The van der Waals surface area contributed by atoms with Crippen molar-refractivity contribution in [3.8, 4) is 5.75 Å². The molecule has 2 amide bonds. The van der Waals surface area contributed by atoms with Crippen molar-refractivity contribution >= 4 is 23.2 Å². The molecule has 1 aliphatic rings. The van der Waals surface area contributed by atoms with Gasteiger partial charge in [-0.05, 0) is 25.0 Å². The van der Waals surface area contributed by atoms with Gasteiger partial charge in [-0.15, -0.1) is 0 Å². The first-order chi connectivity index (χ1) is 10.2. The molecule has 2 rings (SSSR count). The third-order valence-electron chi connectivity index (χ3n) is 3.59. The number of nitrogens with one attached hydrogen (secondary N) is 1. The molecule has 0 radical (unpaired) electrons. The van der Waals surface area contributed by atoms with Crippen molar-refractivity contribution in [2.24, 2.45) is 0 Å². The fourth-order valence-corrected chi connectivity index (χ4v) is 2.44. The summed E-state index contributed by atoms with van der Waals surface area (Å²) in [5.41, 5.74) is 1.47. The quantitative estimate of drug-likeness (QED) is 0.876. The van der Waals surface area contributed by atoms with Gasteiger partial charge in [0.15, 0.2) is 0 Å². The Morgan fingerprint density at radius 1 is 1.43 bits per heavy atom. The van der Waals surface area contributed by atoms with Crippen molar-refractivity contribution in [2.75, 3.05) is 23.9 Å². The van der Waals surface area contributed by atoms with E-state index in [9.17, 15) is 9.59 Å². The van der Waals surface area contributed by atoms with Crippen molar-refractivity contribution in [3.63, 3.8) is 0 Å². The number of methoxy groups -OCH3 is 1. The molecule has 0 saturated carbocycles. The fraction of sp³-hybridized carbons (Fsp3) is 0.500. The molecule has 0 atom stereocenters. The van der Waals surface area contributed by atoms with Crippen LogP contribution in [0.15, 0.2) is 18.2 Å². The number of ether oxygens (including phenoxy) is 1. The summed E-state index contributed by atoms with van der Waals surface area (Å²) in [4.78, 5) is 25.3. The minimum atomic E-state index is 0.00361. The minimum absolute atomic E-state index is 0.00361. The van der Waals surface area contributed by atoms with E-state index < -0.39 is 0 Å². The van der Waals surface area contributed by atoms with Crippen LogP contribution < -0.4 is 15.0 Å². The van der Waals surface area contributed by atoms with Gasteiger partial charge in [0.1, 0.15) is 5.75 Å². The van der Waals surface area contributed by atoms with Gasteiger partial charge in [0.25, 0.3) is 0 Å². The first-order valence-electron chi connectivity index (χ1n) is 7.44. The molecular weight excluding hydrogens is 268 g/mol. The first-order valence-corrected chi connectivity index (χ1v) is 7.44. The van der Waals surface area contributed by atoms with E-state index >= 15 is 0 Å². The predicted octanol–water partition coefficient (Wildman–Crippen LogP) is 2.95. The van der Waals surface area contributed by atoms with E-state index in [1.807, 2.05) is 12.1 Å². The Bertz CT molecular complexity index is 528. The molecule has 1 aromatic rings. The average molecular weight is 290 g/mol. The Hall–Kier alpha value is -2.04. The van der Waals surface area contributed by atoms with E-state index in [0.29, 0.717) is 24.3 Å². The molecule has 0 spiro atoms. The van der Waals surface area contributed by atoms with E-state index in [0.717, 1.165) is 31.5 Å². The van der Waals surface area contributed by atoms with Crippen LogP contribution >= 0.6 is 0 Å². The lowest BCUT2D eigenvalue weighted by molar-refractivity contribution is -0.117. The molecule has 1 aliphatic heterocycles. The second-order valence-corrected chi connectivity index (χ2v) is 5.19. The minimum Gasteiger partial charge on any atom is -0.494 e. The molecule has 5 nitrogen and oxygen atoms in total. The number of benzene rings is 1. The van der Waals surface area contributed by atoms with Gasteiger partial charge in [-0.2, -0.15) is 0 Å². The lowest BCUT2D eigenvalue weighted by atomic mass is 10.2. The van der Waals surface area contributed by atoms with Gasteiger partial charge in [0.2, 0.25) is 11.8 Å². The molecule has 21 heavy (non-hydrogen) atoms. The Kier molecular flexibility index (Phi) is 5.20. The molecule has 0 aromatic heterocycles. The molecule has 0 unspecified atom stereocenters. The van der Waals surface area contributed by atoms with Crippen molar-refractivity contribution in [1.82, 2.24) is 0 Å². The molecule has 1 fully saturated rings. The smallest absolute Gasteiger partial charge is 0.227 e. The fourth-order valence-electron chi connectivity index (χ4n) is 2.44.